The third-order valence-corrected chi connectivity index (χ3v) is 5.68. The molecule has 0 amide bonds. The lowest BCUT2D eigenvalue weighted by molar-refractivity contribution is 0.0983. The minimum atomic E-state index is 0.123. The van der Waals surface area contributed by atoms with Gasteiger partial charge < -0.3 is 14.3 Å². The Bertz CT molecular complexity index is 1240. The summed E-state index contributed by atoms with van der Waals surface area (Å²) in [6.45, 7) is 2.78. The van der Waals surface area contributed by atoms with E-state index in [1.54, 1.807) is 7.11 Å². The number of benzene rings is 3. The quantitative estimate of drug-likeness (QED) is 0.302. The number of aromatic amines is 1. The maximum absolute atomic E-state index is 12.7. The van der Waals surface area contributed by atoms with Crippen LogP contribution in [0.4, 0.5) is 0 Å². The molecule has 152 valence electrons. The van der Waals surface area contributed by atoms with Crippen LogP contribution in [0.25, 0.3) is 11.0 Å². The maximum Gasteiger partial charge on any atom is 0.178 e. The number of ether oxygens (including phenoxy) is 1. The summed E-state index contributed by atoms with van der Waals surface area (Å²) in [5, 5.41) is 0. The topological polar surface area (TPSA) is 47.0 Å². The van der Waals surface area contributed by atoms with Crippen LogP contribution in [0.3, 0.4) is 0 Å². The number of Topliss-reactive ketones (excluding diaryl/α,β-unsaturated/α-hetero) is 1. The van der Waals surface area contributed by atoms with Gasteiger partial charge in [-0.05, 0) is 67.0 Å². The van der Waals surface area contributed by atoms with Gasteiger partial charge >= 0.3 is 0 Å². The molecule has 1 N–H and O–H groups in total. The Labute approximate surface area is 181 Å². The van der Waals surface area contributed by atoms with Crippen LogP contribution < -0.4 is 4.74 Å². The van der Waals surface area contributed by atoms with Crippen molar-refractivity contribution in [3.8, 4) is 5.75 Å². The van der Waals surface area contributed by atoms with E-state index in [0.29, 0.717) is 29.7 Å². The zero-order chi connectivity index (χ0) is 21.1. The average Bonchev–Trinajstić information content (AvgIpc) is 3.08. The number of hydrogen-bond acceptors (Lipinski definition) is 3. The molecule has 0 aliphatic heterocycles. The summed E-state index contributed by atoms with van der Waals surface area (Å²) in [7, 11) is 1.65. The highest BCUT2D eigenvalue weighted by Crippen LogP contribution is 2.20. The van der Waals surface area contributed by atoms with Crippen LogP contribution in [-0.2, 0) is 13.0 Å². The number of ketones is 1. The maximum atomic E-state index is 12.7. The normalized spacial score (nSPS) is 11.0. The first kappa shape index (κ1) is 20.1. The van der Waals surface area contributed by atoms with E-state index in [2.05, 4.69) is 40.7 Å². The van der Waals surface area contributed by atoms with E-state index < -0.39 is 0 Å². The Morgan fingerprint density at radius 3 is 2.40 bits per heavy atom. The number of methoxy groups -OCH3 is 1. The number of fused-ring (bicyclic) bond motifs is 1. The molecule has 0 spiro atoms. The molecule has 1 heterocycles. The molecule has 4 nitrogen and oxygen atoms in total. The number of aromatic nitrogens is 2. The van der Waals surface area contributed by atoms with Crippen molar-refractivity contribution in [3.05, 3.63) is 93.8 Å². The van der Waals surface area contributed by atoms with Crippen molar-refractivity contribution in [2.24, 2.45) is 0 Å². The number of rotatable bonds is 7. The summed E-state index contributed by atoms with van der Waals surface area (Å²) in [4.78, 5) is 16.0. The SMILES string of the molecule is COc1ccc(CCC(=O)c2ccc3c(c2)[nH]c(=S)n3Cc2ccc(C)cc2)cc1. The van der Waals surface area contributed by atoms with E-state index in [9.17, 15) is 4.79 Å². The van der Waals surface area contributed by atoms with Gasteiger partial charge in [-0.15, -0.1) is 0 Å². The van der Waals surface area contributed by atoms with E-state index in [1.807, 2.05) is 42.5 Å². The van der Waals surface area contributed by atoms with Crippen LogP contribution in [-0.4, -0.2) is 22.4 Å². The number of carbonyl (C=O) groups excluding carboxylic acids is 1. The standard InChI is InChI=1S/C25H24N2O2S/c1-17-3-5-19(6-4-17)16-27-23-13-10-20(15-22(23)26-25(27)30)24(28)14-9-18-7-11-21(29-2)12-8-18/h3-8,10-13,15H,9,14,16H2,1-2H3,(H,26,30). The molecule has 0 aliphatic carbocycles. The van der Waals surface area contributed by atoms with Gasteiger partial charge in [-0.1, -0.05) is 42.0 Å². The summed E-state index contributed by atoms with van der Waals surface area (Å²) < 4.78 is 7.91. The van der Waals surface area contributed by atoms with Crippen molar-refractivity contribution in [2.45, 2.75) is 26.3 Å². The van der Waals surface area contributed by atoms with Crippen molar-refractivity contribution >= 4 is 29.0 Å². The molecule has 0 saturated carbocycles. The fourth-order valence-electron chi connectivity index (χ4n) is 3.56. The third-order valence-electron chi connectivity index (χ3n) is 5.36. The predicted octanol–water partition coefficient (Wildman–Crippen LogP) is 5.88. The van der Waals surface area contributed by atoms with Crippen LogP contribution in [0.1, 0.15) is 33.5 Å². The third kappa shape index (κ3) is 4.36. The molecular formula is C25H24N2O2S. The molecule has 4 aromatic rings. The number of carbonyl (C=O) groups is 1. The van der Waals surface area contributed by atoms with Gasteiger partial charge in [-0.25, -0.2) is 0 Å². The van der Waals surface area contributed by atoms with Crippen molar-refractivity contribution in [1.82, 2.24) is 9.55 Å². The number of nitrogens with one attached hydrogen (secondary N) is 1. The lowest BCUT2D eigenvalue weighted by Gasteiger charge is -2.07. The van der Waals surface area contributed by atoms with Crippen LogP contribution in [0, 0.1) is 11.7 Å². The fourth-order valence-corrected chi connectivity index (χ4v) is 3.84. The van der Waals surface area contributed by atoms with Crippen LogP contribution in [0.15, 0.2) is 66.7 Å². The van der Waals surface area contributed by atoms with E-state index in [-0.39, 0.29) is 5.78 Å². The number of hydrogen-bond donors (Lipinski definition) is 1. The minimum Gasteiger partial charge on any atom is -0.497 e. The summed E-state index contributed by atoms with van der Waals surface area (Å²) in [5.74, 6) is 0.944. The van der Waals surface area contributed by atoms with Crippen molar-refractivity contribution < 1.29 is 9.53 Å². The number of nitrogens with zero attached hydrogens (tertiary/aromatic N) is 1. The highest BCUT2D eigenvalue weighted by molar-refractivity contribution is 7.71. The van der Waals surface area contributed by atoms with Crippen LogP contribution >= 0.6 is 12.2 Å². The molecule has 0 atom stereocenters. The second-order valence-electron chi connectivity index (χ2n) is 7.51. The first-order valence-corrected chi connectivity index (χ1v) is 10.4. The van der Waals surface area contributed by atoms with Gasteiger partial charge in [0, 0.05) is 12.0 Å². The summed E-state index contributed by atoms with van der Waals surface area (Å²) in [5.41, 5.74) is 6.15. The van der Waals surface area contributed by atoms with Gasteiger partial charge in [0.25, 0.3) is 0 Å². The van der Waals surface area contributed by atoms with E-state index >= 15 is 0 Å². The zero-order valence-corrected chi connectivity index (χ0v) is 18.0. The van der Waals surface area contributed by atoms with Crippen molar-refractivity contribution in [1.29, 1.82) is 0 Å². The monoisotopic (exact) mass is 416 g/mol. The molecule has 0 radical (unpaired) electrons. The van der Waals surface area contributed by atoms with Gasteiger partial charge in [0.2, 0.25) is 0 Å². The van der Waals surface area contributed by atoms with E-state index in [4.69, 9.17) is 17.0 Å². The van der Waals surface area contributed by atoms with E-state index in [1.165, 1.54) is 11.1 Å². The highest BCUT2D eigenvalue weighted by atomic mass is 32.1. The second-order valence-corrected chi connectivity index (χ2v) is 7.89. The molecule has 5 heteroatoms. The molecule has 1 aromatic heterocycles. The fraction of sp³-hybridized carbons (Fsp3) is 0.200. The lowest BCUT2D eigenvalue weighted by Crippen LogP contribution is -2.02. The summed E-state index contributed by atoms with van der Waals surface area (Å²) >= 11 is 5.53. The molecule has 0 fully saturated rings. The molecular weight excluding hydrogens is 392 g/mol. The van der Waals surface area contributed by atoms with E-state index in [0.717, 1.165) is 22.3 Å². The molecule has 0 unspecified atom stereocenters. The molecule has 0 saturated heterocycles. The minimum absolute atomic E-state index is 0.123. The number of imidazole rings is 1. The van der Waals surface area contributed by atoms with Crippen LogP contribution in [0.2, 0.25) is 0 Å². The Morgan fingerprint density at radius 2 is 1.70 bits per heavy atom. The summed E-state index contributed by atoms with van der Waals surface area (Å²) in [6, 6.07) is 22.1. The van der Waals surface area contributed by atoms with Crippen molar-refractivity contribution in [3.63, 3.8) is 0 Å². The van der Waals surface area contributed by atoms with Gasteiger partial charge in [0.15, 0.2) is 10.6 Å². The Balaban J connectivity index is 1.50. The smallest absolute Gasteiger partial charge is 0.178 e. The predicted molar refractivity (Wildman–Crippen MR) is 123 cm³/mol. The molecule has 30 heavy (non-hydrogen) atoms. The number of H-pyrrole nitrogens is 1. The zero-order valence-electron chi connectivity index (χ0n) is 17.1. The van der Waals surface area contributed by atoms with Gasteiger partial charge in [-0.3, -0.25) is 4.79 Å². The van der Waals surface area contributed by atoms with Crippen molar-refractivity contribution in [2.75, 3.05) is 7.11 Å². The second kappa shape index (κ2) is 8.67. The average molecular weight is 417 g/mol. The first-order chi connectivity index (χ1) is 14.5. The Morgan fingerprint density at radius 1 is 1.00 bits per heavy atom. The highest BCUT2D eigenvalue weighted by Gasteiger charge is 2.11. The van der Waals surface area contributed by atoms with Gasteiger partial charge in [0.05, 0.1) is 24.7 Å². The number of aryl methyl sites for hydroxylation is 2. The summed E-state index contributed by atoms with van der Waals surface area (Å²) in [6.07, 6.45) is 1.16. The molecule has 0 bridgehead atoms. The molecule has 0 aliphatic rings. The van der Waals surface area contributed by atoms with Crippen LogP contribution in [0.5, 0.6) is 5.75 Å². The molecule has 3 aromatic carbocycles. The first-order valence-electron chi connectivity index (χ1n) is 9.98. The Kier molecular flexibility index (Phi) is 5.81. The van der Waals surface area contributed by atoms with Gasteiger partial charge in [0.1, 0.15) is 5.75 Å². The van der Waals surface area contributed by atoms with Gasteiger partial charge in [-0.2, -0.15) is 0 Å². The lowest BCUT2D eigenvalue weighted by atomic mass is 10.0. The molecule has 4 rings (SSSR count). The Hall–Kier alpha value is -3.18. The largest absolute Gasteiger partial charge is 0.497 e.